The van der Waals surface area contributed by atoms with Crippen molar-refractivity contribution < 1.29 is 18.0 Å². The number of hydrogen-bond acceptors (Lipinski definition) is 3. The minimum absolute atomic E-state index is 0.0644. The van der Waals surface area contributed by atoms with E-state index in [2.05, 4.69) is 15.6 Å². The van der Waals surface area contributed by atoms with Gasteiger partial charge in [-0.25, -0.2) is 5.43 Å². The van der Waals surface area contributed by atoms with Crippen LogP contribution in [0.5, 0.6) is 0 Å². The number of aromatic nitrogens is 2. The molecule has 116 valence electrons. The number of amides is 1. The summed E-state index contributed by atoms with van der Waals surface area (Å²) < 4.78 is 39.7. The summed E-state index contributed by atoms with van der Waals surface area (Å²) in [5.41, 5.74) is 1.01. The third-order valence-electron chi connectivity index (χ3n) is 2.64. The third kappa shape index (κ3) is 3.64. The average Bonchev–Trinajstić information content (AvgIpc) is 2.77. The normalized spacial score (nSPS) is 11.9. The van der Waals surface area contributed by atoms with Crippen LogP contribution in [0, 0.1) is 0 Å². The number of alkyl halides is 3. The maximum absolute atomic E-state index is 12.8. The van der Waals surface area contributed by atoms with Crippen LogP contribution >= 0.6 is 11.6 Å². The van der Waals surface area contributed by atoms with Crippen LogP contribution in [0.4, 0.5) is 13.2 Å². The highest BCUT2D eigenvalue weighted by Crippen LogP contribution is 2.31. The quantitative estimate of drug-likeness (QED) is 0.695. The smallest absolute Gasteiger partial charge is 0.273 e. The van der Waals surface area contributed by atoms with E-state index in [1.807, 2.05) is 0 Å². The van der Waals surface area contributed by atoms with Crippen molar-refractivity contribution in [3.8, 4) is 0 Å². The Morgan fingerprint density at radius 2 is 2.09 bits per heavy atom. The highest BCUT2D eigenvalue weighted by molar-refractivity contribution is 6.33. The second-order valence-corrected chi connectivity index (χ2v) is 4.69. The summed E-state index contributed by atoms with van der Waals surface area (Å²) >= 11 is 5.78. The molecule has 1 heterocycles. The molecule has 0 aliphatic heterocycles. The van der Waals surface area contributed by atoms with Gasteiger partial charge in [0.1, 0.15) is 0 Å². The van der Waals surface area contributed by atoms with Gasteiger partial charge in [0, 0.05) is 18.8 Å². The molecule has 0 aliphatic rings. The van der Waals surface area contributed by atoms with E-state index >= 15 is 0 Å². The first-order valence-electron chi connectivity index (χ1n) is 5.98. The van der Waals surface area contributed by atoms with Gasteiger partial charge in [0.2, 0.25) is 0 Å². The number of nitrogens with one attached hydrogen (secondary N) is 1. The van der Waals surface area contributed by atoms with Crippen LogP contribution in [0.15, 0.2) is 35.6 Å². The summed E-state index contributed by atoms with van der Waals surface area (Å²) in [5, 5.41) is 7.44. The molecule has 2 rings (SSSR count). The van der Waals surface area contributed by atoms with E-state index in [4.69, 9.17) is 11.6 Å². The van der Waals surface area contributed by atoms with Crippen molar-refractivity contribution >= 4 is 23.7 Å². The number of nitrogens with zero attached hydrogens (tertiary/aromatic N) is 3. The zero-order valence-electron chi connectivity index (χ0n) is 11.2. The summed E-state index contributed by atoms with van der Waals surface area (Å²) in [6.45, 7) is 0. The molecule has 0 bridgehead atoms. The molecule has 0 radical (unpaired) electrons. The standard InChI is InChI=1S/C13H10ClF3N4O/c1-21-7-10(14)11(20-21)12(22)19-18-6-8-4-2-3-5-9(8)13(15,16)17/h2-7H,1H3,(H,19,22). The molecular weight excluding hydrogens is 321 g/mol. The minimum Gasteiger partial charge on any atom is -0.273 e. The molecule has 0 unspecified atom stereocenters. The SMILES string of the molecule is Cn1cc(Cl)c(C(=O)NN=Cc2ccccc2C(F)(F)F)n1. The van der Waals surface area contributed by atoms with Crippen LogP contribution in [0.3, 0.4) is 0 Å². The van der Waals surface area contributed by atoms with Gasteiger partial charge in [-0.05, 0) is 6.07 Å². The lowest BCUT2D eigenvalue weighted by Gasteiger charge is -2.09. The molecule has 0 saturated heterocycles. The van der Waals surface area contributed by atoms with Gasteiger partial charge in [0.05, 0.1) is 16.8 Å². The van der Waals surface area contributed by atoms with Crippen molar-refractivity contribution in [1.82, 2.24) is 15.2 Å². The van der Waals surface area contributed by atoms with Gasteiger partial charge in [-0.2, -0.15) is 23.4 Å². The summed E-state index contributed by atoms with van der Waals surface area (Å²) in [7, 11) is 1.57. The van der Waals surface area contributed by atoms with Crippen molar-refractivity contribution in [3.05, 3.63) is 52.3 Å². The predicted octanol–water partition coefficient (Wildman–Crippen LogP) is 2.86. The third-order valence-corrected chi connectivity index (χ3v) is 2.91. The van der Waals surface area contributed by atoms with E-state index < -0.39 is 17.6 Å². The van der Waals surface area contributed by atoms with E-state index in [1.165, 1.54) is 29.1 Å². The Balaban J connectivity index is 2.14. The zero-order valence-corrected chi connectivity index (χ0v) is 12.0. The fourth-order valence-electron chi connectivity index (χ4n) is 1.69. The maximum atomic E-state index is 12.8. The van der Waals surface area contributed by atoms with E-state index in [1.54, 1.807) is 7.05 Å². The van der Waals surface area contributed by atoms with Crippen LogP contribution in [0.1, 0.15) is 21.6 Å². The van der Waals surface area contributed by atoms with Gasteiger partial charge in [0.25, 0.3) is 5.91 Å². The first-order chi connectivity index (χ1) is 10.3. The van der Waals surface area contributed by atoms with E-state index in [0.717, 1.165) is 12.3 Å². The van der Waals surface area contributed by atoms with E-state index in [-0.39, 0.29) is 16.3 Å². The number of carbonyl (C=O) groups excluding carboxylic acids is 1. The molecule has 1 amide bonds. The van der Waals surface area contributed by atoms with Gasteiger partial charge < -0.3 is 0 Å². The second-order valence-electron chi connectivity index (χ2n) is 4.28. The fraction of sp³-hybridized carbons (Fsp3) is 0.154. The Kier molecular flexibility index (Phi) is 4.51. The van der Waals surface area contributed by atoms with Crippen LogP contribution in [-0.2, 0) is 13.2 Å². The molecule has 1 aromatic carbocycles. The molecular formula is C13H10ClF3N4O. The largest absolute Gasteiger partial charge is 0.417 e. The molecule has 9 heteroatoms. The molecule has 0 saturated carbocycles. The second kappa shape index (κ2) is 6.18. The number of rotatable bonds is 3. The fourth-order valence-corrected chi connectivity index (χ4v) is 1.96. The molecule has 2 aromatic rings. The Morgan fingerprint density at radius 1 is 1.41 bits per heavy atom. The van der Waals surface area contributed by atoms with E-state index in [0.29, 0.717) is 0 Å². The molecule has 1 aromatic heterocycles. The molecule has 0 spiro atoms. The first-order valence-corrected chi connectivity index (χ1v) is 6.35. The lowest BCUT2D eigenvalue weighted by Crippen LogP contribution is -2.19. The molecule has 1 N–H and O–H groups in total. The van der Waals surface area contributed by atoms with E-state index in [9.17, 15) is 18.0 Å². The monoisotopic (exact) mass is 330 g/mol. The zero-order chi connectivity index (χ0) is 16.3. The summed E-state index contributed by atoms with van der Waals surface area (Å²) in [6, 6.07) is 4.88. The lowest BCUT2D eigenvalue weighted by molar-refractivity contribution is -0.137. The predicted molar refractivity (Wildman–Crippen MR) is 74.7 cm³/mol. The van der Waals surface area contributed by atoms with Crippen molar-refractivity contribution in [2.45, 2.75) is 6.18 Å². The van der Waals surface area contributed by atoms with Crippen molar-refractivity contribution in [2.75, 3.05) is 0 Å². The number of aryl methyl sites for hydroxylation is 1. The van der Waals surface area contributed by atoms with Gasteiger partial charge in [-0.1, -0.05) is 29.8 Å². The van der Waals surface area contributed by atoms with Crippen molar-refractivity contribution in [2.24, 2.45) is 12.1 Å². The summed E-state index contributed by atoms with van der Waals surface area (Å²) in [5.74, 6) is -0.716. The van der Waals surface area contributed by atoms with Crippen molar-refractivity contribution in [3.63, 3.8) is 0 Å². The molecule has 0 aliphatic carbocycles. The molecule has 0 fully saturated rings. The van der Waals surface area contributed by atoms with Gasteiger partial charge in [-0.3, -0.25) is 9.48 Å². The minimum atomic E-state index is -4.50. The number of hydrogen-bond donors (Lipinski definition) is 1. The highest BCUT2D eigenvalue weighted by Gasteiger charge is 2.32. The summed E-state index contributed by atoms with van der Waals surface area (Å²) in [6.07, 6.45) is -2.17. The number of halogens is 4. The Morgan fingerprint density at radius 3 is 2.68 bits per heavy atom. The average molecular weight is 331 g/mol. The van der Waals surface area contributed by atoms with Crippen LogP contribution in [0.2, 0.25) is 5.02 Å². The Labute approximate surface area is 128 Å². The highest BCUT2D eigenvalue weighted by atomic mass is 35.5. The van der Waals surface area contributed by atoms with Gasteiger partial charge >= 0.3 is 6.18 Å². The molecule has 22 heavy (non-hydrogen) atoms. The van der Waals surface area contributed by atoms with Crippen LogP contribution in [-0.4, -0.2) is 21.9 Å². The number of benzene rings is 1. The molecule has 0 atom stereocenters. The van der Waals surface area contributed by atoms with Crippen molar-refractivity contribution in [1.29, 1.82) is 0 Å². The van der Waals surface area contributed by atoms with Crippen LogP contribution in [0.25, 0.3) is 0 Å². The summed E-state index contributed by atoms with van der Waals surface area (Å²) in [4.78, 5) is 11.7. The van der Waals surface area contributed by atoms with Gasteiger partial charge in [0.15, 0.2) is 5.69 Å². The Bertz CT molecular complexity index is 724. The Hall–Kier alpha value is -2.35. The number of carbonyl (C=O) groups is 1. The number of hydrazone groups is 1. The maximum Gasteiger partial charge on any atom is 0.417 e. The molecule has 5 nitrogen and oxygen atoms in total. The topological polar surface area (TPSA) is 59.3 Å². The lowest BCUT2D eigenvalue weighted by atomic mass is 10.1. The van der Waals surface area contributed by atoms with Gasteiger partial charge in [-0.15, -0.1) is 0 Å². The first kappa shape index (κ1) is 16.0. The van der Waals surface area contributed by atoms with Crippen LogP contribution < -0.4 is 5.43 Å².